The number of rotatable bonds is 7. The number of nitrogens with two attached hydrogens (primary N) is 1. The van der Waals surface area contributed by atoms with Crippen LogP contribution in [0, 0.1) is 0 Å². The molecule has 0 saturated carbocycles. The number of hydrogen-bond acceptors (Lipinski definition) is 5. The van der Waals surface area contributed by atoms with Crippen LogP contribution in [0.5, 0.6) is 0 Å². The van der Waals surface area contributed by atoms with Crippen LogP contribution < -0.4 is 10.6 Å². The fraction of sp³-hybridized carbons (Fsp3) is 0.360. The van der Waals surface area contributed by atoms with E-state index in [4.69, 9.17) is 20.4 Å². The summed E-state index contributed by atoms with van der Waals surface area (Å²) in [6.45, 7) is 4.17. The summed E-state index contributed by atoms with van der Waals surface area (Å²) < 4.78 is 5.44. The average molecular weight is 416 g/mol. The molecular weight excluding hydrogens is 386 g/mol. The zero-order chi connectivity index (χ0) is 21.0. The Morgan fingerprint density at radius 1 is 0.968 bits per heavy atom. The lowest BCUT2D eigenvalue weighted by Gasteiger charge is -2.28. The highest BCUT2D eigenvalue weighted by Gasteiger charge is 2.13. The minimum Gasteiger partial charge on any atom is -0.378 e. The van der Waals surface area contributed by atoms with Crippen molar-refractivity contribution in [2.45, 2.75) is 25.7 Å². The van der Waals surface area contributed by atoms with Gasteiger partial charge in [0.05, 0.1) is 30.8 Å². The smallest absolute Gasteiger partial charge is 0.138 e. The van der Waals surface area contributed by atoms with Crippen LogP contribution >= 0.6 is 0 Å². The van der Waals surface area contributed by atoms with Gasteiger partial charge in [0.15, 0.2) is 0 Å². The molecule has 3 aromatic heterocycles. The van der Waals surface area contributed by atoms with Crippen molar-refractivity contribution in [2.75, 3.05) is 37.7 Å². The third-order valence-corrected chi connectivity index (χ3v) is 6.07. The van der Waals surface area contributed by atoms with E-state index >= 15 is 0 Å². The van der Waals surface area contributed by atoms with E-state index in [0.29, 0.717) is 0 Å². The molecule has 1 saturated heterocycles. The number of anilines is 1. The van der Waals surface area contributed by atoms with E-state index in [2.05, 4.69) is 52.3 Å². The minimum absolute atomic E-state index is 0.765. The van der Waals surface area contributed by atoms with Crippen LogP contribution in [0.3, 0.4) is 0 Å². The van der Waals surface area contributed by atoms with Crippen LogP contribution in [0.25, 0.3) is 33.2 Å². The first kappa shape index (κ1) is 20.0. The third kappa shape index (κ3) is 4.27. The van der Waals surface area contributed by atoms with Gasteiger partial charge in [-0.2, -0.15) is 0 Å². The summed E-state index contributed by atoms with van der Waals surface area (Å²) >= 11 is 0. The van der Waals surface area contributed by atoms with Crippen LogP contribution in [-0.2, 0) is 11.2 Å². The molecule has 160 valence electrons. The highest BCUT2D eigenvalue weighted by Crippen LogP contribution is 2.29. The number of pyridine rings is 2. The lowest BCUT2D eigenvalue weighted by atomic mass is 10.1. The lowest BCUT2D eigenvalue weighted by Crippen LogP contribution is -2.36. The summed E-state index contributed by atoms with van der Waals surface area (Å²) in [4.78, 5) is 15.4. The highest BCUT2D eigenvalue weighted by molar-refractivity contribution is 6.07. The Bertz CT molecular complexity index is 1160. The number of fused-ring (bicyclic) bond motifs is 3. The largest absolute Gasteiger partial charge is 0.378 e. The van der Waals surface area contributed by atoms with Crippen molar-refractivity contribution in [1.29, 1.82) is 0 Å². The van der Waals surface area contributed by atoms with E-state index in [1.165, 1.54) is 5.39 Å². The van der Waals surface area contributed by atoms with Crippen LogP contribution in [0.1, 0.15) is 25.0 Å². The van der Waals surface area contributed by atoms with E-state index in [1.807, 2.05) is 6.20 Å². The molecule has 0 bridgehead atoms. The van der Waals surface area contributed by atoms with Gasteiger partial charge in [-0.3, -0.25) is 4.98 Å². The number of aromatic amines is 1. The zero-order valence-corrected chi connectivity index (χ0v) is 17.8. The molecule has 0 atom stereocenters. The van der Waals surface area contributed by atoms with Crippen molar-refractivity contribution in [2.24, 2.45) is 5.73 Å². The van der Waals surface area contributed by atoms with Crippen LogP contribution in [-0.4, -0.2) is 47.8 Å². The molecule has 1 aliphatic rings. The summed E-state index contributed by atoms with van der Waals surface area (Å²) in [5, 5.41) is 2.35. The zero-order valence-electron chi connectivity index (χ0n) is 17.8. The molecular formula is C25H29N5O. The first-order valence-electron chi connectivity index (χ1n) is 11.2. The molecule has 0 aliphatic carbocycles. The number of ether oxygens (including phenoxy) is 1. The second-order valence-corrected chi connectivity index (χ2v) is 8.18. The molecule has 0 unspecified atom stereocenters. The van der Waals surface area contributed by atoms with Gasteiger partial charge in [0.1, 0.15) is 5.65 Å². The summed E-state index contributed by atoms with van der Waals surface area (Å²) in [7, 11) is 0. The predicted octanol–water partition coefficient (Wildman–Crippen LogP) is 4.29. The SMILES string of the molecule is NCCCCCc1ccc2c(n1)[nH]c1ccc(-c3ccc(N4CCOCC4)cn3)cc12. The molecule has 6 heteroatoms. The Hall–Kier alpha value is -2.96. The molecule has 3 N–H and O–H groups in total. The first-order chi connectivity index (χ1) is 15.3. The number of H-pyrrole nitrogens is 1. The second kappa shape index (κ2) is 9.04. The molecule has 4 heterocycles. The van der Waals surface area contributed by atoms with Gasteiger partial charge in [0.25, 0.3) is 0 Å². The van der Waals surface area contributed by atoms with Crippen molar-refractivity contribution in [1.82, 2.24) is 15.0 Å². The first-order valence-corrected chi connectivity index (χ1v) is 11.2. The molecule has 6 nitrogen and oxygen atoms in total. The van der Waals surface area contributed by atoms with Crippen molar-refractivity contribution in [3.8, 4) is 11.3 Å². The fourth-order valence-electron chi connectivity index (χ4n) is 4.31. The normalized spacial score (nSPS) is 14.5. The molecule has 4 aromatic rings. The maximum absolute atomic E-state index is 5.59. The second-order valence-electron chi connectivity index (χ2n) is 8.18. The Balaban J connectivity index is 1.39. The van der Waals surface area contributed by atoms with Gasteiger partial charge in [-0.05, 0) is 62.2 Å². The van der Waals surface area contributed by atoms with Crippen molar-refractivity contribution < 1.29 is 4.74 Å². The van der Waals surface area contributed by atoms with Gasteiger partial charge in [-0.1, -0.05) is 12.5 Å². The van der Waals surface area contributed by atoms with Gasteiger partial charge in [0, 0.05) is 40.6 Å². The van der Waals surface area contributed by atoms with Crippen LogP contribution in [0.2, 0.25) is 0 Å². The van der Waals surface area contributed by atoms with Gasteiger partial charge < -0.3 is 20.4 Å². The van der Waals surface area contributed by atoms with Crippen LogP contribution in [0.4, 0.5) is 5.69 Å². The number of hydrogen-bond donors (Lipinski definition) is 2. The molecule has 5 rings (SSSR count). The van der Waals surface area contributed by atoms with Gasteiger partial charge >= 0.3 is 0 Å². The fourth-order valence-corrected chi connectivity index (χ4v) is 4.31. The van der Waals surface area contributed by atoms with E-state index < -0.39 is 0 Å². The van der Waals surface area contributed by atoms with E-state index in [0.717, 1.165) is 97.7 Å². The average Bonchev–Trinajstić information content (AvgIpc) is 3.19. The lowest BCUT2D eigenvalue weighted by molar-refractivity contribution is 0.122. The number of unbranched alkanes of at least 4 members (excludes halogenated alkanes) is 2. The van der Waals surface area contributed by atoms with Crippen LogP contribution in [0.15, 0.2) is 48.7 Å². The molecule has 0 radical (unpaired) electrons. The van der Waals surface area contributed by atoms with E-state index in [-0.39, 0.29) is 0 Å². The van der Waals surface area contributed by atoms with Crippen molar-refractivity contribution in [3.05, 3.63) is 54.4 Å². The number of nitrogens with zero attached hydrogens (tertiary/aromatic N) is 3. The Labute approximate surface area is 182 Å². The number of morpholine rings is 1. The number of aryl methyl sites for hydroxylation is 1. The summed E-state index contributed by atoms with van der Waals surface area (Å²) in [5.41, 5.74) is 12.0. The quantitative estimate of drug-likeness (QED) is 0.440. The summed E-state index contributed by atoms with van der Waals surface area (Å²) in [6, 6.07) is 15.1. The summed E-state index contributed by atoms with van der Waals surface area (Å²) in [5.74, 6) is 0. The number of aromatic nitrogens is 3. The Morgan fingerprint density at radius 3 is 2.68 bits per heavy atom. The summed E-state index contributed by atoms with van der Waals surface area (Å²) in [6.07, 6.45) is 6.34. The number of benzene rings is 1. The van der Waals surface area contributed by atoms with Gasteiger partial charge in [-0.15, -0.1) is 0 Å². The predicted molar refractivity (Wildman–Crippen MR) is 126 cm³/mol. The van der Waals surface area contributed by atoms with E-state index in [9.17, 15) is 0 Å². The maximum Gasteiger partial charge on any atom is 0.138 e. The monoisotopic (exact) mass is 415 g/mol. The maximum atomic E-state index is 5.59. The van der Waals surface area contributed by atoms with Crippen molar-refractivity contribution in [3.63, 3.8) is 0 Å². The van der Waals surface area contributed by atoms with Crippen molar-refractivity contribution >= 4 is 27.6 Å². The standard InChI is InChI=1S/C25H29N5O/c26-11-3-1-2-4-19-6-8-21-22-16-18(5-9-24(22)29-25(21)28-19)23-10-7-20(17-27-23)30-12-14-31-15-13-30/h5-10,16-17H,1-4,11-15,26H2,(H,28,29). The number of nitrogens with one attached hydrogen (secondary N) is 1. The van der Waals surface area contributed by atoms with E-state index in [1.54, 1.807) is 0 Å². The minimum atomic E-state index is 0.765. The Kier molecular flexibility index (Phi) is 5.82. The third-order valence-electron chi connectivity index (χ3n) is 6.07. The molecule has 1 fully saturated rings. The molecule has 1 aliphatic heterocycles. The molecule has 31 heavy (non-hydrogen) atoms. The highest BCUT2D eigenvalue weighted by atomic mass is 16.5. The molecule has 1 aromatic carbocycles. The topological polar surface area (TPSA) is 80.1 Å². The molecule has 0 amide bonds. The van der Waals surface area contributed by atoms with Gasteiger partial charge in [-0.25, -0.2) is 4.98 Å². The Morgan fingerprint density at radius 2 is 1.87 bits per heavy atom. The van der Waals surface area contributed by atoms with Gasteiger partial charge in [0.2, 0.25) is 0 Å². The molecule has 0 spiro atoms.